The molecule has 0 bridgehead atoms. The normalized spacial score (nSPS) is 25.5. The van der Waals surface area contributed by atoms with Crippen LogP contribution in [0.25, 0.3) is 0 Å². The molecule has 0 spiro atoms. The van der Waals surface area contributed by atoms with Gasteiger partial charge in [0.1, 0.15) is 5.69 Å². The molecule has 1 aliphatic carbocycles. The molecule has 1 aromatic rings. The Bertz CT molecular complexity index is 558. The molecule has 1 amide bonds. The summed E-state index contributed by atoms with van der Waals surface area (Å²) in [4.78, 5) is 21.7. The number of amides is 1. The van der Waals surface area contributed by atoms with Gasteiger partial charge in [0, 0.05) is 44.0 Å². The minimum absolute atomic E-state index is 0.0858. The number of hydrogen-bond donors (Lipinski definition) is 1. The number of carbonyl (C=O) groups is 1. The van der Waals surface area contributed by atoms with Crippen LogP contribution < -0.4 is 5.73 Å². The van der Waals surface area contributed by atoms with Crippen LogP contribution in [0.15, 0.2) is 5.38 Å². The zero-order valence-electron chi connectivity index (χ0n) is 15.6. The Hall–Kier alpha value is -0.980. The molecule has 0 atom stereocenters. The first-order valence-electron chi connectivity index (χ1n) is 9.76. The highest BCUT2D eigenvalue weighted by atomic mass is 32.1. The molecule has 1 aliphatic heterocycles. The van der Waals surface area contributed by atoms with E-state index in [4.69, 9.17) is 5.73 Å². The van der Waals surface area contributed by atoms with Crippen LogP contribution in [0.5, 0.6) is 0 Å². The molecular formula is C19H32N4OS. The lowest BCUT2D eigenvalue weighted by Crippen LogP contribution is -2.52. The van der Waals surface area contributed by atoms with Crippen molar-refractivity contribution in [1.29, 1.82) is 0 Å². The Balaban J connectivity index is 1.47. The number of nitrogens with zero attached hydrogens (tertiary/aromatic N) is 3. The number of piperazine rings is 1. The van der Waals surface area contributed by atoms with Gasteiger partial charge in [-0.2, -0.15) is 0 Å². The van der Waals surface area contributed by atoms with E-state index in [2.05, 4.69) is 23.7 Å². The van der Waals surface area contributed by atoms with Crippen LogP contribution in [0.1, 0.15) is 55.0 Å². The van der Waals surface area contributed by atoms with Crippen LogP contribution >= 0.6 is 11.3 Å². The molecule has 0 radical (unpaired) electrons. The van der Waals surface area contributed by atoms with Gasteiger partial charge in [0.2, 0.25) is 0 Å². The fourth-order valence-electron chi connectivity index (χ4n) is 4.23. The SMILES string of the molecule is CC(C)C1CCC(N2CCN(C(=O)c3csc(CCN)n3)CC2)CC1. The standard InChI is InChI=1S/C19H32N4OS/c1-14(2)15-3-5-16(6-4-15)22-9-11-23(12-10-22)19(24)17-13-25-18(21-17)7-8-20/h13-16H,3-12,20H2,1-2H3. The first-order chi connectivity index (χ1) is 12.1. The van der Waals surface area contributed by atoms with E-state index >= 15 is 0 Å². The van der Waals surface area contributed by atoms with Crippen molar-refractivity contribution in [2.75, 3.05) is 32.7 Å². The fraction of sp³-hybridized carbons (Fsp3) is 0.789. The van der Waals surface area contributed by atoms with Crippen molar-refractivity contribution in [2.24, 2.45) is 17.6 Å². The zero-order valence-corrected chi connectivity index (χ0v) is 16.4. The van der Waals surface area contributed by atoms with Gasteiger partial charge in [-0.3, -0.25) is 9.69 Å². The number of carbonyl (C=O) groups excluding carboxylic acids is 1. The van der Waals surface area contributed by atoms with Gasteiger partial charge in [0.15, 0.2) is 0 Å². The maximum absolute atomic E-state index is 12.6. The number of thiazole rings is 1. The van der Waals surface area contributed by atoms with Crippen molar-refractivity contribution in [1.82, 2.24) is 14.8 Å². The average Bonchev–Trinajstić information content (AvgIpc) is 3.10. The van der Waals surface area contributed by atoms with Gasteiger partial charge in [0.05, 0.1) is 5.01 Å². The Morgan fingerprint density at radius 1 is 1.24 bits per heavy atom. The topological polar surface area (TPSA) is 62.5 Å². The van der Waals surface area contributed by atoms with Crippen molar-refractivity contribution in [2.45, 2.75) is 52.0 Å². The molecule has 0 unspecified atom stereocenters. The predicted octanol–water partition coefficient (Wildman–Crippen LogP) is 2.62. The number of aromatic nitrogens is 1. The van der Waals surface area contributed by atoms with Gasteiger partial charge in [-0.1, -0.05) is 13.8 Å². The molecule has 6 heteroatoms. The number of nitrogens with two attached hydrogens (primary N) is 1. The second-order valence-corrected chi connectivity index (χ2v) is 8.75. The van der Waals surface area contributed by atoms with E-state index in [-0.39, 0.29) is 5.91 Å². The Labute approximate surface area is 155 Å². The van der Waals surface area contributed by atoms with Gasteiger partial charge < -0.3 is 10.6 Å². The first-order valence-corrected chi connectivity index (χ1v) is 10.6. The van der Waals surface area contributed by atoms with E-state index in [0.717, 1.165) is 55.5 Å². The lowest BCUT2D eigenvalue weighted by Gasteiger charge is -2.42. The minimum Gasteiger partial charge on any atom is -0.335 e. The van der Waals surface area contributed by atoms with Gasteiger partial charge in [0.25, 0.3) is 5.91 Å². The minimum atomic E-state index is 0.0858. The van der Waals surface area contributed by atoms with E-state index < -0.39 is 0 Å². The molecule has 140 valence electrons. The van der Waals surface area contributed by atoms with Crippen molar-refractivity contribution in [3.8, 4) is 0 Å². The van der Waals surface area contributed by atoms with Crippen LogP contribution in [-0.2, 0) is 6.42 Å². The summed E-state index contributed by atoms with van der Waals surface area (Å²) in [6, 6.07) is 0.725. The lowest BCUT2D eigenvalue weighted by molar-refractivity contribution is 0.0474. The second-order valence-electron chi connectivity index (χ2n) is 7.81. The molecule has 2 heterocycles. The highest BCUT2D eigenvalue weighted by Gasteiger charge is 2.30. The van der Waals surface area contributed by atoms with Crippen LogP contribution in [-0.4, -0.2) is 59.5 Å². The summed E-state index contributed by atoms with van der Waals surface area (Å²) in [6.07, 6.45) is 6.13. The summed E-state index contributed by atoms with van der Waals surface area (Å²) in [7, 11) is 0. The smallest absolute Gasteiger partial charge is 0.273 e. The van der Waals surface area contributed by atoms with E-state index in [1.54, 1.807) is 11.3 Å². The van der Waals surface area contributed by atoms with Gasteiger partial charge in [-0.05, 0) is 44.1 Å². The summed E-state index contributed by atoms with van der Waals surface area (Å²) >= 11 is 1.54. The maximum Gasteiger partial charge on any atom is 0.273 e. The summed E-state index contributed by atoms with van der Waals surface area (Å²) in [6.45, 7) is 8.95. The second kappa shape index (κ2) is 8.60. The summed E-state index contributed by atoms with van der Waals surface area (Å²) in [5, 5.41) is 2.85. The quantitative estimate of drug-likeness (QED) is 0.872. The molecule has 25 heavy (non-hydrogen) atoms. The molecule has 1 saturated heterocycles. The van der Waals surface area contributed by atoms with Crippen molar-refractivity contribution < 1.29 is 4.79 Å². The maximum atomic E-state index is 12.6. The van der Waals surface area contributed by atoms with E-state index in [1.165, 1.54) is 25.7 Å². The third-order valence-electron chi connectivity index (χ3n) is 5.93. The van der Waals surface area contributed by atoms with Crippen LogP contribution in [0.4, 0.5) is 0 Å². The van der Waals surface area contributed by atoms with E-state index in [0.29, 0.717) is 12.2 Å². The number of hydrogen-bond acceptors (Lipinski definition) is 5. The Morgan fingerprint density at radius 3 is 2.52 bits per heavy atom. The van der Waals surface area contributed by atoms with Gasteiger partial charge >= 0.3 is 0 Å². The summed E-state index contributed by atoms with van der Waals surface area (Å²) in [5.74, 6) is 1.81. The molecule has 1 aromatic heterocycles. The molecule has 0 aromatic carbocycles. The average molecular weight is 365 g/mol. The molecular weight excluding hydrogens is 332 g/mol. The number of rotatable bonds is 5. The van der Waals surface area contributed by atoms with Gasteiger partial charge in [-0.25, -0.2) is 4.98 Å². The lowest BCUT2D eigenvalue weighted by atomic mass is 9.79. The highest BCUT2D eigenvalue weighted by molar-refractivity contribution is 7.09. The molecule has 2 N–H and O–H groups in total. The van der Waals surface area contributed by atoms with Crippen LogP contribution in [0, 0.1) is 11.8 Å². The van der Waals surface area contributed by atoms with Crippen molar-refractivity contribution in [3.63, 3.8) is 0 Å². The third-order valence-corrected chi connectivity index (χ3v) is 6.84. The third kappa shape index (κ3) is 4.60. The van der Waals surface area contributed by atoms with Crippen molar-refractivity contribution >= 4 is 17.2 Å². The Morgan fingerprint density at radius 2 is 1.92 bits per heavy atom. The largest absolute Gasteiger partial charge is 0.335 e. The molecule has 5 nitrogen and oxygen atoms in total. The molecule has 2 aliphatic rings. The molecule has 3 rings (SSSR count). The van der Waals surface area contributed by atoms with E-state index in [9.17, 15) is 4.79 Å². The molecule has 1 saturated carbocycles. The monoisotopic (exact) mass is 364 g/mol. The first kappa shape index (κ1) is 18.8. The summed E-state index contributed by atoms with van der Waals surface area (Å²) in [5.41, 5.74) is 6.16. The fourth-order valence-corrected chi connectivity index (χ4v) is 5.02. The molecule has 2 fully saturated rings. The summed E-state index contributed by atoms with van der Waals surface area (Å²) < 4.78 is 0. The van der Waals surface area contributed by atoms with Gasteiger partial charge in [-0.15, -0.1) is 11.3 Å². The van der Waals surface area contributed by atoms with Crippen molar-refractivity contribution in [3.05, 3.63) is 16.1 Å². The Kier molecular flexibility index (Phi) is 6.47. The van der Waals surface area contributed by atoms with E-state index in [1.807, 2.05) is 10.3 Å². The van der Waals surface area contributed by atoms with Crippen LogP contribution in [0.3, 0.4) is 0 Å². The predicted molar refractivity (Wildman–Crippen MR) is 103 cm³/mol. The van der Waals surface area contributed by atoms with Crippen LogP contribution in [0.2, 0.25) is 0 Å². The zero-order chi connectivity index (χ0) is 17.8. The highest BCUT2D eigenvalue weighted by Crippen LogP contribution is 2.32.